The fraction of sp³-hybridized carbons (Fsp3) is 0.143. The Balaban J connectivity index is 1.64. The van der Waals surface area contributed by atoms with Gasteiger partial charge in [0.1, 0.15) is 0 Å². The van der Waals surface area contributed by atoms with Crippen LogP contribution in [0.2, 0.25) is 0 Å². The fourth-order valence-corrected chi connectivity index (χ4v) is 2.70. The predicted octanol–water partition coefficient (Wildman–Crippen LogP) is 4.18. The van der Waals surface area contributed by atoms with Crippen LogP contribution in [-0.4, -0.2) is 18.2 Å². The molecule has 0 radical (unpaired) electrons. The van der Waals surface area contributed by atoms with Gasteiger partial charge in [0.15, 0.2) is 0 Å². The minimum absolute atomic E-state index is 0.170. The number of hydrogen-bond donors (Lipinski definition) is 2. The summed E-state index contributed by atoms with van der Waals surface area (Å²) in [7, 11) is 0. The van der Waals surface area contributed by atoms with E-state index in [4.69, 9.17) is 0 Å². The van der Waals surface area contributed by atoms with Crippen molar-refractivity contribution in [3.8, 4) is 0 Å². The Morgan fingerprint density at radius 1 is 0.920 bits per heavy atom. The standard InChI is InChI=1S/C21H21N3O/c1-2-19(17-10-4-3-5-11-17)23-24-21(25)15-22-20-14-8-12-16-9-6-7-13-18(16)20/h3-14,22H,2,15H2,1H3,(H,24,25). The van der Waals surface area contributed by atoms with Gasteiger partial charge in [-0.1, -0.05) is 73.7 Å². The van der Waals surface area contributed by atoms with E-state index in [1.807, 2.05) is 67.6 Å². The number of amides is 1. The highest BCUT2D eigenvalue weighted by Gasteiger charge is 2.05. The average molecular weight is 331 g/mol. The molecule has 0 bridgehead atoms. The van der Waals surface area contributed by atoms with Crippen molar-refractivity contribution in [2.45, 2.75) is 13.3 Å². The summed E-state index contributed by atoms with van der Waals surface area (Å²) < 4.78 is 0. The van der Waals surface area contributed by atoms with Crippen molar-refractivity contribution < 1.29 is 4.79 Å². The van der Waals surface area contributed by atoms with Gasteiger partial charge in [-0.15, -0.1) is 0 Å². The summed E-state index contributed by atoms with van der Waals surface area (Å²) >= 11 is 0. The Bertz CT molecular complexity index is 883. The molecule has 0 saturated heterocycles. The van der Waals surface area contributed by atoms with Crippen LogP contribution >= 0.6 is 0 Å². The van der Waals surface area contributed by atoms with E-state index >= 15 is 0 Å². The lowest BCUT2D eigenvalue weighted by molar-refractivity contribution is -0.119. The summed E-state index contributed by atoms with van der Waals surface area (Å²) in [5, 5.41) is 9.69. The highest BCUT2D eigenvalue weighted by atomic mass is 16.2. The number of carbonyl (C=O) groups is 1. The molecule has 0 aliphatic carbocycles. The van der Waals surface area contributed by atoms with Gasteiger partial charge in [-0.25, -0.2) is 5.43 Å². The van der Waals surface area contributed by atoms with Crippen molar-refractivity contribution in [1.82, 2.24) is 5.43 Å². The third kappa shape index (κ3) is 4.23. The van der Waals surface area contributed by atoms with Gasteiger partial charge in [-0.05, 0) is 23.4 Å². The van der Waals surface area contributed by atoms with E-state index in [9.17, 15) is 4.79 Å². The summed E-state index contributed by atoms with van der Waals surface area (Å²) in [5.74, 6) is -0.171. The van der Waals surface area contributed by atoms with Crippen LogP contribution in [0.3, 0.4) is 0 Å². The molecule has 1 amide bonds. The molecule has 126 valence electrons. The van der Waals surface area contributed by atoms with Crippen molar-refractivity contribution in [3.05, 3.63) is 78.4 Å². The maximum Gasteiger partial charge on any atom is 0.259 e. The van der Waals surface area contributed by atoms with Gasteiger partial charge in [0, 0.05) is 11.1 Å². The first-order valence-electron chi connectivity index (χ1n) is 8.40. The number of hydrogen-bond acceptors (Lipinski definition) is 3. The molecule has 0 unspecified atom stereocenters. The Morgan fingerprint density at radius 3 is 2.44 bits per heavy atom. The largest absolute Gasteiger partial charge is 0.376 e. The van der Waals surface area contributed by atoms with Crippen molar-refractivity contribution in [1.29, 1.82) is 0 Å². The Hall–Kier alpha value is -3.14. The first-order valence-corrected chi connectivity index (χ1v) is 8.40. The Morgan fingerprint density at radius 2 is 1.64 bits per heavy atom. The molecule has 4 nitrogen and oxygen atoms in total. The molecule has 0 aliphatic heterocycles. The molecule has 3 aromatic carbocycles. The van der Waals surface area contributed by atoms with E-state index in [1.165, 1.54) is 0 Å². The second-order valence-corrected chi connectivity index (χ2v) is 5.69. The number of benzene rings is 3. The van der Waals surface area contributed by atoms with Gasteiger partial charge < -0.3 is 5.32 Å². The number of fused-ring (bicyclic) bond motifs is 1. The SMILES string of the molecule is CCC(=NNC(=O)CNc1cccc2ccccc12)c1ccccc1. The van der Waals surface area contributed by atoms with E-state index < -0.39 is 0 Å². The highest BCUT2D eigenvalue weighted by molar-refractivity contribution is 6.01. The smallest absolute Gasteiger partial charge is 0.259 e. The van der Waals surface area contributed by atoms with Gasteiger partial charge in [0.05, 0.1) is 12.3 Å². The number of carbonyl (C=O) groups excluding carboxylic acids is 1. The van der Waals surface area contributed by atoms with Crippen LogP contribution in [0.15, 0.2) is 77.9 Å². The van der Waals surface area contributed by atoms with Crippen LogP contribution in [0.25, 0.3) is 10.8 Å². The van der Waals surface area contributed by atoms with Gasteiger partial charge >= 0.3 is 0 Å². The summed E-state index contributed by atoms with van der Waals surface area (Å²) in [4.78, 5) is 12.1. The lowest BCUT2D eigenvalue weighted by Crippen LogP contribution is -2.27. The Kier molecular flexibility index (Phi) is 5.42. The van der Waals surface area contributed by atoms with Gasteiger partial charge in [-0.2, -0.15) is 5.10 Å². The third-order valence-electron chi connectivity index (χ3n) is 3.99. The quantitative estimate of drug-likeness (QED) is 0.526. The molecule has 0 aliphatic rings. The summed E-state index contributed by atoms with van der Waals surface area (Å²) in [6.07, 6.45) is 0.751. The molecule has 0 aromatic heterocycles. The monoisotopic (exact) mass is 331 g/mol. The van der Waals surface area contributed by atoms with Crippen molar-refractivity contribution >= 4 is 28.1 Å². The molecule has 0 fully saturated rings. The zero-order valence-corrected chi connectivity index (χ0v) is 14.2. The lowest BCUT2D eigenvalue weighted by Gasteiger charge is -2.09. The van der Waals surface area contributed by atoms with Gasteiger partial charge in [-0.3, -0.25) is 4.79 Å². The topological polar surface area (TPSA) is 53.5 Å². The predicted molar refractivity (Wildman–Crippen MR) is 104 cm³/mol. The molecule has 25 heavy (non-hydrogen) atoms. The maximum absolute atomic E-state index is 12.1. The van der Waals surface area contributed by atoms with Crippen molar-refractivity contribution in [3.63, 3.8) is 0 Å². The summed E-state index contributed by atoms with van der Waals surface area (Å²) in [5.41, 5.74) is 5.46. The molecule has 0 saturated carbocycles. The number of nitrogens with zero attached hydrogens (tertiary/aromatic N) is 1. The number of anilines is 1. The first kappa shape index (κ1) is 16.7. The Labute approximate surface area is 147 Å². The normalized spacial score (nSPS) is 11.3. The van der Waals surface area contributed by atoms with Crippen LogP contribution in [-0.2, 0) is 4.79 Å². The molecule has 2 N–H and O–H groups in total. The number of rotatable bonds is 6. The zero-order chi connectivity index (χ0) is 17.5. The van der Waals surface area contributed by atoms with Crippen LogP contribution in [0.4, 0.5) is 5.69 Å². The van der Waals surface area contributed by atoms with E-state index in [1.54, 1.807) is 0 Å². The molecule has 0 heterocycles. The van der Waals surface area contributed by atoms with E-state index in [-0.39, 0.29) is 12.5 Å². The second-order valence-electron chi connectivity index (χ2n) is 5.69. The molecule has 4 heteroatoms. The third-order valence-corrected chi connectivity index (χ3v) is 3.99. The van der Waals surface area contributed by atoms with E-state index in [0.29, 0.717) is 0 Å². The molecule has 3 rings (SSSR count). The second kappa shape index (κ2) is 8.11. The number of nitrogens with one attached hydrogen (secondary N) is 2. The minimum Gasteiger partial charge on any atom is -0.376 e. The molecule has 0 spiro atoms. The maximum atomic E-state index is 12.1. The zero-order valence-electron chi connectivity index (χ0n) is 14.2. The van der Waals surface area contributed by atoms with Gasteiger partial charge in [0.25, 0.3) is 5.91 Å². The van der Waals surface area contributed by atoms with Crippen LogP contribution < -0.4 is 10.7 Å². The molecule has 3 aromatic rings. The molecule has 0 atom stereocenters. The first-order chi connectivity index (χ1) is 12.3. The highest BCUT2D eigenvalue weighted by Crippen LogP contribution is 2.22. The van der Waals surface area contributed by atoms with Crippen LogP contribution in [0.1, 0.15) is 18.9 Å². The van der Waals surface area contributed by atoms with E-state index in [2.05, 4.69) is 28.0 Å². The number of hydrazone groups is 1. The van der Waals surface area contributed by atoms with Crippen molar-refractivity contribution in [2.75, 3.05) is 11.9 Å². The van der Waals surface area contributed by atoms with Crippen LogP contribution in [0.5, 0.6) is 0 Å². The molecular weight excluding hydrogens is 310 g/mol. The van der Waals surface area contributed by atoms with E-state index in [0.717, 1.165) is 34.2 Å². The van der Waals surface area contributed by atoms with Crippen LogP contribution in [0, 0.1) is 0 Å². The van der Waals surface area contributed by atoms with Gasteiger partial charge in [0.2, 0.25) is 0 Å². The lowest BCUT2D eigenvalue weighted by atomic mass is 10.1. The average Bonchev–Trinajstić information content (AvgIpc) is 2.67. The summed E-state index contributed by atoms with van der Waals surface area (Å²) in [6, 6.07) is 24.0. The molecular formula is C21H21N3O. The fourth-order valence-electron chi connectivity index (χ4n) is 2.70. The summed E-state index contributed by atoms with van der Waals surface area (Å²) in [6.45, 7) is 2.19. The van der Waals surface area contributed by atoms with Crippen molar-refractivity contribution in [2.24, 2.45) is 5.10 Å². The minimum atomic E-state index is -0.171.